The molecular formula is C30H28O3P2. The summed E-state index contributed by atoms with van der Waals surface area (Å²) in [7, 11) is -1.77. The average molecular weight is 498 g/mol. The highest BCUT2D eigenvalue weighted by molar-refractivity contribution is 7.75. The van der Waals surface area contributed by atoms with E-state index in [0.717, 1.165) is 0 Å². The third kappa shape index (κ3) is 4.49. The van der Waals surface area contributed by atoms with Crippen LogP contribution in [0.25, 0.3) is 0 Å². The van der Waals surface area contributed by atoms with Gasteiger partial charge in [-0.25, -0.2) is 0 Å². The average Bonchev–Trinajstić information content (AvgIpc) is 3.36. The van der Waals surface area contributed by atoms with Crippen molar-refractivity contribution >= 4 is 37.1 Å². The van der Waals surface area contributed by atoms with Crippen LogP contribution in [0.3, 0.4) is 0 Å². The molecule has 0 aliphatic carbocycles. The number of aliphatic hydroxyl groups is 1. The molecule has 0 saturated carbocycles. The van der Waals surface area contributed by atoms with Crippen molar-refractivity contribution in [1.82, 2.24) is 0 Å². The number of aliphatic hydroxyl groups excluding tert-OH is 1. The van der Waals surface area contributed by atoms with Crippen LogP contribution in [0.1, 0.15) is 0 Å². The van der Waals surface area contributed by atoms with Gasteiger partial charge in [-0.2, -0.15) is 0 Å². The molecule has 1 N–H and O–H groups in total. The third-order valence-corrected chi connectivity index (χ3v) is 12.6. The number of rotatable bonds is 6. The van der Waals surface area contributed by atoms with Crippen LogP contribution in [0.5, 0.6) is 0 Å². The summed E-state index contributed by atoms with van der Waals surface area (Å²) in [6.07, 6.45) is -1.08. The van der Waals surface area contributed by atoms with Gasteiger partial charge in [0.15, 0.2) is 6.29 Å². The van der Waals surface area contributed by atoms with Gasteiger partial charge in [0.25, 0.3) is 0 Å². The van der Waals surface area contributed by atoms with Gasteiger partial charge in [-0.15, -0.1) is 0 Å². The van der Waals surface area contributed by atoms with Gasteiger partial charge in [-0.05, 0) is 37.1 Å². The lowest BCUT2D eigenvalue weighted by atomic mass is 10.1. The monoisotopic (exact) mass is 498 g/mol. The van der Waals surface area contributed by atoms with E-state index in [1.54, 1.807) is 0 Å². The molecule has 35 heavy (non-hydrogen) atoms. The van der Waals surface area contributed by atoms with Gasteiger partial charge < -0.3 is 14.6 Å². The van der Waals surface area contributed by atoms with Crippen molar-refractivity contribution in [3.8, 4) is 0 Å². The number of benzene rings is 4. The van der Waals surface area contributed by atoms with Crippen LogP contribution in [0, 0.1) is 0 Å². The molecule has 0 aromatic heterocycles. The molecule has 2 fully saturated rings. The molecule has 0 radical (unpaired) electrons. The van der Waals surface area contributed by atoms with E-state index in [1.807, 2.05) is 12.1 Å². The van der Waals surface area contributed by atoms with Crippen molar-refractivity contribution in [3.63, 3.8) is 0 Å². The normalized spacial score (nSPS) is 25.7. The summed E-state index contributed by atoms with van der Waals surface area (Å²) >= 11 is 0. The minimum atomic E-state index is -0.906. The SMILES string of the molecule is O[C@@H]1[C@@H](P(c2ccccc2)c2ccccc2)[C@@H]2OC[C@@H](O2)[C@H]1P(c1ccccc1)c1ccccc1. The number of hydrogen-bond donors (Lipinski definition) is 1. The molecular weight excluding hydrogens is 470 g/mol. The molecule has 4 aromatic rings. The summed E-state index contributed by atoms with van der Waals surface area (Å²) < 4.78 is 12.9. The Balaban J connectivity index is 1.47. The van der Waals surface area contributed by atoms with Crippen LogP contribution in [-0.4, -0.2) is 41.5 Å². The second-order valence-electron chi connectivity index (χ2n) is 8.93. The van der Waals surface area contributed by atoms with E-state index >= 15 is 0 Å². The van der Waals surface area contributed by atoms with Gasteiger partial charge in [0.2, 0.25) is 0 Å². The van der Waals surface area contributed by atoms with Crippen molar-refractivity contribution in [1.29, 1.82) is 0 Å². The fraction of sp³-hybridized carbons (Fsp3) is 0.200. The topological polar surface area (TPSA) is 38.7 Å². The first kappa shape index (κ1) is 23.0. The molecule has 176 valence electrons. The summed E-state index contributed by atoms with van der Waals surface area (Å²) in [5, 5.41) is 17.3. The second-order valence-corrected chi connectivity index (χ2v) is 13.7. The fourth-order valence-corrected chi connectivity index (χ4v) is 11.3. The summed E-state index contributed by atoms with van der Waals surface area (Å²) in [4.78, 5) is 0. The number of hydrogen-bond acceptors (Lipinski definition) is 3. The van der Waals surface area contributed by atoms with E-state index in [9.17, 15) is 5.11 Å². The highest BCUT2D eigenvalue weighted by Crippen LogP contribution is 2.55. The van der Waals surface area contributed by atoms with Gasteiger partial charge in [-0.1, -0.05) is 121 Å². The molecule has 2 bridgehead atoms. The van der Waals surface area contributed by atoms with Crippen LogP contribution in [0.4, 0.5) is 0 Å². The van der Waals surface area contributed by atoms with Crippen LogP contribution in [-0.2, 0) is 9.47 Å². The Morgan fingerprint density at radius 1 is 0.543 bits per heavy atom. The number of ether oxygens (including phenoxy) is 2. The van der Waals surface area contributed by atoms with Crippen molar-refractivity contribution in [2.75, 3.05) is 6.61 Å². The molecule has 5 heteroatoms. The van der Waals surface area contributed by atoms with E-state index in [4.69, 9.17) is 9.47 Å². The Bertz CT molecular complexity index is 1050. The molecule has 3 nitrogen and oxygen atoms in total. The van der Waals surface area contributed by atoms with E-state index in [0.29, 0.717) is 6.61 Å². The fourth-order valence-electron chi connectivity index (χ4n) is 5.32. The summed E-state index contributed by atoms with van der Waals surface area (Å²) in [6, 6.07) is 42.4. The standard InChI is InChI=1S/C30H28O3P2/c31-27-28(34(22-13-5-1-6-14-22)23-15-7-2-8-16-23)26-21-32-30(33-26)29(27)35(24-17-9-3-10-18-24)25-19-11-4-12-20-25/h1-20,26-31H,21H2/t26-,27+,28-,29-,30-/m1/s1. The van der Waals surface area contributed by atoms with Crippen LogP contribution < -0.4 is 21.2 Å². The third-order valence-electron chi connectivity index (χ3n) is 6.83. The molecule has 6 rings (SSSR count). The molecule has 5 atom stereocenters. The minimum Gasteiger partial charge on any atom is -0.391 e. The Kier molecular flexibility index (Phi) is 6.79. The van der Waals surface area contributed by atoms with Gasteiger partial charge in [0, 0.05) is 5.66 Å². The Hall–Kier alpha value is -2.38. The van der Waals surface area contributed by atoms with E-state index < -0.39 is 28.2 Å². The predicted octanol–water partition coefficient (Wildman–Crippen LogP) is 4.11. The Morgan fingerprint density at radius 3 is 1.31 bits per heavy atom. The highest BCUT2D eigenvalue weighted by atomic mass is 31.1. The zero-order valence-electron chi connectivity index (χ0n) is 19.3. The summed E-state index contributed by atoms with van der Waals surface area (Å²) in [5.41, 5.74) is -0.216. The Morgan fingerprint density at radius 2 is 0.914 bits per heavy atom. The molecule has 0 unspecified atom stereocenters. The van der Waals surface area contributed by atoms with E-state index in [1.165, 1.54) is 21.2 Å². The second kappa shape index (κ2) is 10.3. The van der Waals surface area contributed by atoms with Crippen molar-refractivity contribution < 1.29 is 14.6 Å². The van der Waals surface area contributed by atoms with Gasteiger partial charge in [0.05, 0.1) is 24.5 Å². The van der Waals surface area contributed by atoms with E-state index in [-0.39, 0.29) is 17.4 Å². The first-order valence-corrected chi connectivity index (χ1v) is 14.9. The lowest BCUT2D eigenvalue weighted by molar-refractivity contribution is -0.108. The van der Waals surface area contributed by atoms with Crippen molar-refractivity contribution in [2.45, 2.75) is 29.8 Å². The first-order chi connectivity index (χ1) is 17.3. The maximum Gasteiger partial charge on any atom is 0.168 e. The quantitative estimate of drug-likeness (QED) is 0.407. The smallest absolute Gasteiger partial charge is 0.168 e. The molecule has 4 aromatic carbocycles. The molecule has 2 aliphatic heterocycles. The van der Waals surface area contributed by atoms with Crippen molar-refractivity contribution in [3.05, 3.63) is 121 Å². The van der Waals surface area contributed by atoms with Crippen LogP contribution in [0.15, 0.2) is 121 Å². The van der Waals surface area contributed by atoms with Crippen LogP contribution in [0.2, 0.25) is 0 Å². The summed E-state index contributed by atoms with van der Waals surface area (Å²) in [6.45, 7) is 0.522. The highest BCUT2D eigenvalue weighted by Gasteiger charge is 2.55. The number of fused-ring (bicyclic) bond motifs is 2. The van der Waals surface area contributed by atoms with Gasteiger partial charge in [0.1, 0.15) is 0 Å². The van der Waals surface area contributed by atoms with Crippen molar-refractivity contribution in [2.24, 2.45) is 0 Å². The van der Waals surface area contributed by atoms with E-state index in [2.05, 4.69) is 109 Å². The summed E-state index contributed by atoms with van der Waals surface area (Å²) in [5.74, 6) is 0. The predicted molar refractivity (Wildman–Crippen MR) is 146 cm³/mol. The lowest BCUT2D eigenvalue weighted by Gasteiger charge is -2.45. The maximum absolute atomic E-state index is 12.3. The zero-order chi connectivity index (χ0) is 23.6. The Labute approximate surface area is 209 Å². The lowest BCUT2D eigenvalue weighted by Crippen LogP contribution is -2.55. The molecule has 0 spiro atoms. The largest absolute Gasteiger partial charge is 0.391 e. The van der Waals surface area contributed by atoms with Gasteiger partial charge in [-0.3, -0.25) is 0 Å². The first-order valence-electron chi connectivity index (χ1n) is 12.0. The molecule has 2 aliphatic rings. The molecule has 2 heterocycles. The molecule has 2 saturated heterocycles. The van der Waals surface area contributed by atoms with Crippen LogP contribution >= 0.6 is 15.8 Å². The molecule has 0 amide bonds. The van der Waals surface area contributed by atoms with Gasteiger partial charge >= 0.3 is 0 Å². The minimum absolute atomic E-state index is 0.0593. The zero-order valence-corrected chi connectivity index (χ0v) is 21.1. The maximum atomic E-state index is 12.3.